The van der Waals surface area contributed by atoms with Gasteiger partial charge < -0.3 is 10.6 Å². The molecule has 0 amide bonds. The van der Waals surface area contributed by atoms with Crippen LogP contribution < -0.4 is 10.6 Å². The Labute approximate surface area is 166 Å². The first kappa shape index (κ1) is 18.3. The number of aromatic nitrogens is 3. The predicted octanol–water partition coefficient (Wildman–Crippen LogP) is 4.37. The molecule has 0 unspecified atom stereocenters. The first-order chi connectivity index (χ1) is 13.5. The second-order valence-electron chi connectivity index (χ2n) is 6.00. The zero-order chi connectivity index (χ0) is 19.6. The van der Waals surface area contributed by atoms with Gasteiger partial charge in [-0.05, 0) is 36.4 Å². The molecule has 0 saturated heterocycles. The number of benzene rings is 2. The van der Waals surface area contributed by atoms with Gasteiger partial charge in [-0.25, -0.2) is 23.4 Å². The molecule has 9 heteroatoms. The molecular formula is C19H17N5O2S2. The molecule has 0 spiro atoms. The van der Waals surface area contributed by atoms with Gasteiger partial charge in [0.25, 0.3) is 0 Å². The van der Waals surface area contributed by atoms with Crippen molar-refractivity contribution in [1.29, 1.82) is 0 Å². The fourth-order valence-electron chi connectivity index (χ4n) is 2.66. The van der Waals surface area contributed by atoms with Gasteiger partial charge in [0.2, 0.25) is 0 Å². The van der Waals surface area contributed by atoms with Crippen LogP contribution in [0.25, 0.3) is 10.2 Å². The molecule has 0 aliphatic heterocycles. The van der Waals surface area contributed by atoms with Crippen molar-refractivity contribution in [2.45, 2.75) is 11.8 Å². The summed E-state index contributed by atoms with van der Waals surface area (Å²) in [6.07, 6.45) is 1.45. The van der Waals surface area contributed by atoms with Crippen LogP contribution >= 0.6 is 11.3 Å². The van der Waals surface area contributed by atoms with Crippen molar-refractivity contribution in [2.75, 3.05) is 16.4 Å². The normalized spacial score (nSPS) is 11.5. The number of rotatable bonds is 6. The Morgan fingerprint density at radius 1 is 0.929 bits per heavy atom. The summed E-state index contributed by atoms with van der Waals surface area (Å²) >= 11 is 1.58. The van der Waals surface area contributed by atoms with Crippen LogP contribution in [-0.2, 0) is 9.84 Å². The average Bonchev–Trinajstić information content (AvgIpc) is 3.16. The van der Waals surface area contributed by atoms with Crippen molar-refractivity contribution in [3.8, 4) is 0 Å². The van der Waals surface area contributed by atoms with Gasteiger partial charge in [-0.2, -0.15) is 0 Å². The molecule has 0 atom stereocenters. The van der Waals surface area contributed by atoms with Crippen LogP contribution in [-0.4, -0.2) is 29.1 Å². The number of thiazole rings is 1. The maximum absolute atomic E-state index is 12.1. The van der Waals surface area contributed by atoms with E-state index in [1.165, 1.54) is 6.33 Å². The minimum absolute atomic E-state index is 0.0577. The average molecular weight is 412 g/mol. The number of anilines is 4. The summed E-state index contributed by atoms with van der Waals surface area (Å²) in [5.41, 5.74) is 4.32. The summed E-state index contributed by atoms with van der Waals surface area (Å²) in [7, 11) is -3.26. The molecule has 142 valence electrons. The molecule has 2 N–H and O–H groups in total. The molecule has 2 aromatic heterocycles. The molecule has 0 aliphatic carbocycles. The molecule has 0 saturated carbocycles. The van der Waals surface area contributed by atoms with Crippen LogP contribution in [0.1, 0.15) is 6.92 Å². The third kappa shape index (κ3) is 3.95. The van der Waals surface area contributed by atoms with Gasteiger partial charge in [0.1, 0.15) is 18.0 Å². The topological polar surface area (TPSA) is 96.9 Å². The van der Waals surface area contributed by atoms with Crippen LogP contribution in [0.15, 0.2) is 65.3 Å². The second kappa shape index (κ2) is 7.53. The molecule has 2 aromatic carbocycles. The van der Waals surface area contributed by atoms with E-state index in [0.717, 1.165) is 15.9 Å². The van der Waals surface area contributed by atoms with Crippen molar-refractivity contribution in [3.63, 3.8) is 0 Å². The van der Waals surface area contributed by atoms with E-state index >= 15 is 0 Å². The molecule has 28 heavy (non-hydrogen) atoms. The minimum atomic E-state index is -3.26. The van der Waals surface area contributed by atoms with Crippen molar-refractivity contribution in [2.24, 2.45) is 0 Å². The minimum Gasteiger partial charge on any atom is -0.340 e. The van der Waals surface area contributed by atoms with E-state index < -0.39 is 9.84 Å². The zero-order valence-electron chi connectivity index (χ0n) is 15.0. The highest BCUT2D eigenvalue weighted by Gasteiger charge is 2.12. The SMILES string of the molecule is CCS(=O)(=O)c1cccc(Nc2cc(Nc3ccc4ncsc4c3)ncn2)c1. The van der Waals surface area contributed by atoms with Crippen LogP contribution in [0.2, 0.25) is 0 Å². The Hall–Kier alpha value is -3.04. The molecule has 0 radical (unpaired) electrons. The first-order valence-corrected chi connectivity index (χ1v) is 11.1. The van der Waals surface area contributed by atoms with Gasteiger partial charge in [-0.3, -0.25) is 0 Å². The third-order valence-electron chi connectivity index (χ3n) is 4.12. The molecule has 0 fully saturated rings. The maximum atomic E-state index is 12.1. The summed E-state index contributed by atoms with van der Waals surface area (Å²) < 4.78 is 25.2. The molecule has 0 bridgehead atoms. The van der Waals surface area contributed by atoms with E-state index in [9.17, 15) is 8.42 Å². The Balaban J connectivity index is 1.55. The lowest BCUT2D eigenvalue weighted by atomic mass is 10.3. The van der Waals surface area contributed by atoms with E-state index in [0.29, 0.717) is 17.3 Å². The lowest BCUT2D eigenvalue weighted by molar-refractivity contribution is 0.597. The summed E-state index contributed by atoms with van der Waals surface area (Å²) in [5.74, 6) is 1.24. The quantitative estimate of drug-likeness (QED) is 0.486. The largest absolute Gasteiger partial charge is 0.340 e. The highest BCUT2D eigenvalue weighted by atomic mass is 32.2. The van der Waals surface area contributed by atoms with E-state index in [4.69, 9.17) is 0 Å². The van der Waals surface area contributed by atoms with Crippen molar-refractivity contribution in [1.82, 2.24) is 15.0 Å². The van der Waals surface area contributed by atoms with Crippen molar-refractivity contribution >= 4 is 54.4 Å². The maximum Gasteiger partial charge on any atom is 0.178 e. The molecular weight excluding hydrogens is 394 g/mol. The number of nitrogens with one attached hydrogen (secondary N) is 2. The van der Waals surface area contributed by atoms with Gasteiger partial charge in [0.05, 0.1) is 26.4 Å². The number of hydrogen-bond donors (Lipinski definition) is 2. The van der Waals surface area contributed by atoms with Crippen LogP contribution in [0.4, 0.5) is 23.0 Å². The van der Waals surface area contributed by atoms with Crippen molar-refractivity contribution in [3.05, 3.63) is 60.4 Å². The van der Waals surface area contributed by atoms with Gasteiger partial charge >= 0.3 is 0 Å². The molecule has 7 nitrogen and oxygen atoms in total. The van der Waals surface area contributed by atoms with Gasteiger partial charge in [-0.15, -0.1) is 11.3 Å². The summed E-state index contributed by atoms with van der Waals surface area (Å²) in [6.45, 7) is 1.63. The smallest absolute Gasteiger partial charge is 0.178 e. The van der Waals surface area contributed by atoms with Crippen LogP contribution in [0.3, 0.4) is 0 Å². The van der Waals surface area contributed by atoms with Crippen LogP contribution in [0.5, 0.6) is 0 Å². The molecule has 4 rings (SSSR count). The van der Waals surface area contributed by atoms with Gasteiger partial charge in [-0.1, -0.05) is 13.0 Å². The summed E-state index contributed by atoms with van der Waals surface area (Å²) in [5, 5.41) is 6.38. The lowest BCUT2D eigenvalue weighted by Gasteiger charge is -2.10. The highest BCUT2D eigenvalue weighted by molar-refractivity contribution is 7.91. The summed E-state index contributed by atoms with van der Waals surface area (Å²) in [6, 6.07) is 14.4. The standard InChI is InChI=1S/C19H17N5O2S2/c1-2-28(25,26)15-5-3-4-13(8-15)23-18-10-19(21-11-20-18)24-14-6-7-16-17(9-14)27-12-22-16/h3-12H,2H2,1H3,(H2,20,21,23,24). The molecule has 2 heterocycles. The van der Waals surface area contributed by atoms with Crippen molar-refractivity contribution < 1.29 is 8.42 Å². The Kier molecular flexibility index (Phi) is 4.93. The van der Waals surface area contributed by atoms with E-state index in [-0.39, 0.29) is 10.6 Å². The van der Waals surface area contributed by atoms with Gasteiger partial charge in [0, 0.05) is 17.4 Å². The predicted molar refractivity (Wildman–Crippen MR) is 112 cm³/mol. The number of nitrogens with zero attached hydrogens (tertiary/aromatic N) is 3. The zero-order valence-corrected chi connectivity index (χ0v) is 16.6. The summed E-state index contributed by atoms with van der Waals surface area (Å²) in [4.78, 5) is 13.0. The Morgan fingerprint density at radius 2 is 1.68 bits per heavy atom. The van der Waals surface area contributed by atoms with E-state index in [2.05, 4.69) is 25.6 Å². The Morgan fingerprint density at radius 3 is 2.43 bits per heavy atom. The van der Waals surface area contributed by atoms with Crippen LogP contribution in [0, 0.1) is 0 Å². The number of hydrogen-bond acceptors (Lipinski definition) is 8. The lowest BCUT2D eigenvalue weighted by Crippen LogP contribution is -2.04. The molecule has 0 aliphatic rings. The monoisotopic (exact) mass is 411 g/mol. The van der Waals surface area contributed by atoms with Gasteiger partial charge in [0.15, 0.2) is 9.84 Å². The highest BCUT2D eigenvalue weighted by Crippen LogP contribution is 2.25. The van der Waals surface area contributed by atoms with E-state index in [1.54, 1.807) is 48.6 Å². The first-order valence-electron chi connectivity index (χ1n) is 8.56. The number of sulfone groups is 1. The second-order valence-corrected chi connectivity index (χ2v) is 9.17. The number of fused-ring (bicyclic) bond motifs is 1. The molecule has 4 aromatic rings. The third-order valence-corrected chi connectivity index (χ3v) is 6.64. The fourth-order valence-corrected chi connectivity index (χ4v) is 4.30. The Bertz CT molecular complexity index is 1240. The van der Waals surface area contributed by atoms with E-state index in [1.807, 2.05) is 23.7 Å². The fraction of sp³-hybridized carbons (Fsp3) is 0.105.